The largest absolute Gasteiger partial charge is 0.351 e. The van der Waals surface area contributed by atoms with Crippen LogP contribution in [0.4, 0.5) is 0 Å². The van der Waals surface area contributed by atoms with Crippen molar-refractivity contribution in [3.63, 3.8) is 0 Å². The van der Waals surface area contributed by atoms with E-state index in [0.29, 0.717) is 13.1 Å². The Hall–Kier alpha value is -2.21. The number of amides is 1. The summed E-state index contributed by atoms with van der Waals surface area (Å²) in [4.78, 5) is 20.7. The van der Waals surface area contributed by atoms with Gasteiger partial charge in [-0.1, -0.05) is 13.8 Å². The summed E-state index contributed by atoms with van der Waals surface area (Å²) in [6.07, 6.45) is 8.43. The molecule has 0 aliphatic rings. The normalized spacial score (nSPS) is 11.4. The molecule has 2 aromatic heterocycles. The highest BCUT2D eigenvalue weighted by Gasteiger charge is 2.32. The van der Waals surface area contributed by atoms with Crippen LogP contribution in [0.5, 0.6) is 0 Å². The first-order valence-electron chi connectivity index (χ1n) is 7.57. The van der Waals surface area contributed by atoms with Gasteiger partial charge in [0.1, 0.15) is 12.1 Å². The monoisotopic (exact) mass is 301 g/mol. The van der Waals surface area contributed by atoms with Crippen molar-refractivity contribution in [1.29, 1.82) is 0 Å². The summed E-state index contributed by atoms with van der Waals surface area (Å²) in [5.74, 6) is 0.793. The van der Waals surface area contributed by atoms with Gasteiger partial charge in [-0.25, -0.2) is 9.97 Å². The zero-order valence-corrected chi connectivity index (χ0v) is 13.1. The molecule has 0 aromatic carbocycles. The second-order valence-corrected chi connectivity index (χ2v) is 5.37. The van der Waals surface area contributed by atoms with Gasteiger partial charge in [0.15, 0.2) is 0 Å². The summed E-state index contributed by atoms with van der Waals surface area (Å²) >= 11 is 0. The van der Waals surface area contributed by atoms with E-state index in [1.54, 1.807) is 18.7 Å². The molecule has 2 rings (SSSR count). The van der Waals surface area contributed by atoms with Crippen molar-refractivity contribution in [2.45, 2.75) is 33.2 Å². The minimum Gasteiger partial charge on any atom is -0.351 e. The third-order valence-electron chi connectivity index (χ3n) is 4.26. The van der Waals surface area contributed by atoms with E-state index in [0.717, 1.165) is 24.2 Å². The number of nitrogens with one attached hydrogen (secondary N) is 1. The fourth-order valence-corrected chi connectivity index (χ4v) is 2.43. The molecule has 0 spiro atoms. The van der Waals surface area contributed by atoms with Gasteiger partial charge in [0.05, 0.1) is 5.41 Å². The van der Waals surface area contributed by atoms with Crippen LogP contribution in [0, 0.1) is 5.41 Å². The highest BCUT2D eigenvalue weighted by Crippen LogP contribution is 2.25. The van der Waals surface area contributed by atoms with Crippen LogP contribution in [0.25, 0.3) is 5.82 Å². The van der Waals surface area contributed by atoms with E-state index >= 15 is 0 Å². The van der Waals surface area contributed by atoms with Gasteiger partial charge in [0.25, 0.3) is 0 Å². The van der Waals surface area contributed by atoms with Crippen molar-refractivity contribution in [3.05, 3.63) is 42.6 Å². The highest BCUT2D eigenvalue weighted by molar-refractivity contribution is 5.82. The van der Waals surface area contributed by atoms with Gasteiger partial charge < -0.3 is 11.1 Å². The number of nitrogens with zero attached hydrogens (tertiary/aromatic N) is 3. The van der Waals surface area contributed by atoms with Crippen LogP contribution in [0.1, 0.15) is 32.3 Å². The number of pyridine rings is 1. The SMILES string of the molecule is CCC(CC)(CN)C(=O)NCc1ccnc(-n2ccnc2)c1. The molecular weight excluding hydrogens is 278 g/mol. The maximum atomic E-state index is 12.4. The molecule has 3 N–H and O–H groups in total. The molecule has 0 aliphatic heterocycles. The fraction of sp³-hybridized carbons (Fsp3) is 0.438. The standard InChI is InChI=1S/C16H23N5O/c1-3-16(4-2,11-17)15(22)20-10-13-5-6-19-14(9-13)21-8-7-18-12-21/h5-9,12H,3-4,10-11,17H2,1-2H3,(H,20,22). The van der Waals surface area contributed by atoms with Crippen LogP contribution in [-0.4, -0.2) is 27.0 Å². The summed E-state index contributed by atoms with van der Waals surface area (Å²) in [5.41, 5.74) is 6.32. The molecule has 6 nitrogen and oxygen atoms in total. The molecule has 6 heteroatoms. The van der Waals surface area contributed by atoms with Gasteiger partial charge in [0, 0.05) is 31.7 Å². The molecule has 0 unspecified atom stereocenters. The molecule has 2 aromatic rings. The smallest absolute Gasteiger partial charge is 0.227 e. The Kier molecular flexibility index (Phi) is 5.27. The molecule has 0 saturated heterocycles. The van der Waals surface area contributed by atoms with E-state index in [1.165, 1.54) is 0 Å². The van der Waals surface area contributed by atoms with Crippen molar-refractivity contribution >= 4 is 5.91 Å². The number of carbonyl (C=O) groups excluding carboxylic acids is 1. The van der Waals surface area contributed by atoms with Gasteiger partial charge in [-0.05, 0) is 30.5 Å². The highest BCUT2D eigenvalue weighted by atomic mass is 16.2. The molecule has 22 heavy (non-hydrogen) atoms. The van der Waals surface area contributed by atoms with E-state index in [-0.39, 0.29) is 5.91 Å². The maximum Gasteiger partial charge on any atom is 0.227 e. The predicted molar refractivity (Wildman–Crippen MR) is 85.3 cm³/mol. The topological polar surface area (TPSA) is 85.8 Å². The van der Waals surface area contributed by atoms with E-state index in [9.17, 15) is 4.79 Å². The van der Waals surface area contributed by atoms with Gasteiger partial charge >= 0.3 is 0 Å². The van der Waals surface area contributed by atoms with Crippen LogP contribution in [0.15, 0.2) is 37.1 Å². The zero-order valence-electron chi connectivity index (χ0n) is 13.1. The molecule has 118 valence electrons. The molecule has 0 radical (unpaired) electrons. The Bertz CT molecular complexity index is 596. The van der Waals surface area contributed by atoms with Crippen LogP contribution >= 0.6 is 0 Å². The molecule has 0 fully saturated rings. The van der Waals surface area contributed by atoms with Gasteiger partial charge in [0.2, 0.25) is 5.91 Å². The minimum absolute atomic E-state index is 0.0148. The lowest BCUT2D eigenvalue weighted by atomic mass is 9.81. The Balaban J connectivity index is 2.06. The molecule has 0 bridgehead atoms. The third-order valence-corrected chi connectivity index (χ3v) is 4.26. The van der Waals surface area contributed by atoms with Crippen molar-refractivity contribution in [2.75, 3.05) is 6.54 Å². The van der Waals surface area contributed by atoms with Gasteiger partial charge in [-0.15, -0.1) is 0 Å². The minimum atomic E-state index is -0.472. The molecular formula is C16H23N5O. The van der Waals surface area contributed by atoms with Crippen molar-refractivity contribution in [3.8, 4) is 5.82 Å². The summed E-state index contributed by atoms with van der Waals surface area (Å²) in [5, 5.41) is 2.99. The van der Waals surface area contributed by atoms with Gasteiger partial charge in [-0.2, -0.15) is 0 Å². The van der Waals surface area contributed by atoms with Crippen LogP contribution in [-0.2, 0) is 11.3 Å². The predicted octanol–water partition coefficient (Wildman–Crippen LogP) is 1.65. The summed E-state index contributed by atoms with van der Waals surface area (Å²) in [6, 6.07) is 3.83. The second-order valence-electron chi connectivity index (χ2n) is 5.37. The Morgan fingerprint density at radius 1 is 1.36 bits per heavy atom. The van der Waals surface area contributed by atoms with Crippen molar-refractivity contribution < 1.29 is 4.79 Å². The third kappa shape index (κ3) is 3.33. The molecule has 0 saturated carbocycles. The number of rotatable bonds is 7. The summed E-state index contributed by atoms with van der Waals surface area (Å²) in [6.45, 7) is 4.83. The average molecular weight is 301 g/mol. The average Bonchev–Trinajstić information content (AvgIpc) is 3.10. The number of hydrogen-bond acceptors (Lipinski definition) is 4. The van der Waals surface area contributed by atoms with Crippen LogP contribution in [0.3, 0.4) is 0 Å². The maximum absolute atomic E-state index is 12.4. The Labute approximate surface area is 130 Å². The number of hydrogen-bond donors (Lipinski definition) is 2. The van der Waals surface area contributed by atoms with Crippen molar-refractivity contribution in [2.24, 2.45) is 11.1 Å². The quantitative estimate of drug-likeness (QED) is 0.814. The number of carbonyl (C=O) groups is 1. The summed E-state index contributed by atoms with van der Waals surface area (Å²) < 4.78 is 1.83. The lowest BCUT2D eigenvalue weighted by molar-refractivity contribution is -0.131. The van der Waals surface area contributed by atoms with E-state index in [2.05, 4.69) is 15.3 Å². The zero-order chi connectivity index (χ0) is 16.0. The molecule has 0 aliphatic carbocycles. The van der Waals surface area contributed by atoms with E-state index in [1.807, 2.05) is 36.7 Å². The lowest BCUT2D eigenvalue weighted by Crippen LogP contribution is -2.45. The molecule has 1 amide bonds. The Morgan fingerprint density at radius 2 is 2.14 bits per heavy atom. The Morgan fingerprint density at radius 3 is 2.73 bits per heavy atom. The lowest BCUT2D eigenvalue weighted by Gasteiger charge is -2.28. The molecule has 0 atom stereocenters. The summed E-state index contributed by atoms with van der Waals surface area (Å²) in [7, 11) is 0. The van der Waals surface area contributed by atoms with Crippen LogP contribution in [0.2, 0.25) is 0 Å². The first-order chi connectivity index (χ1) is 10.6. The first kappa shape index (κ1) is 16.2. The van der Waals surface area contributed by atoms with Gasteiger partial charge in [-0.3, -0.25) is 9.36 Å². The van der Waals surface area contributed by atoms with E-state index < -0.39 is 5.41 Å². The second kappa shape index (κ2) is 7.17. The van der Waals surface area contributed by atoms with E-state index in [4.69, 9.17) is 5.73 Å². The van der Waals surface area contributed by atoms with Crippen molar-refractivity contribution in [1.82, 2.24) is 19.9 Å². The molecule has 2 heterocycles. The number of aromatic nitrogens is 3. The first-order valence-corrected chi connectivity index (χ1v) is 7.57. The van der Waals surface area contributed by atoms with Crippen LogP contribution < -0.4 is 11.1 Å². The number of imidazole rings is 1. The number of nitrogens with two attached hydrogens (primary N) is 1. The fourth-order valence-electron chi connectivity index (χ4n) is 2.43.